The van der Waals surface area contributed by atoms with Crippen LogP contribution in [0.2, 0.25) is 0 Å². The molecular weight excluding hydrogens is 282 g/mol. The molecule has 0 saturated carbocycles. The van der Waals surface area contributed by atoms with E-state index in [2.05, 4.69) is 45.9 Å². The first-order valence-electron chi connectivity index (χ1n) is 6.10. The molecule has 0 aromatic heterocycles. The van der Waals surface area contributed by atoms with E-state index in [1.807, 2.05) is 36.4 Å². The number of hydrogen-bond acceptors (Lipinski definition) is 0. The first-order chi connectivity index (χ1) is 8.61. The molecule has 0 atom stereocenters. The average Bonchev–Trinajstić information content (AvgIpc) is 2.29. The van der Waals surface area contributed by atoms with Gasteiger partial charge in [0.1, 0.15) is 0 Å². The maximum absolute atomic E-state index is 3.60. The average molecular weight is 302 g/mol. The van der Waals surface area contributed by atoms with E-state index in [-0.39, 0.29) is 19.5 Å². The number of aryl methyl sites for hydroxylation is 3. The van der Waals surface area contributed by atoms with E-state index in [0.29, 0.717) is 0 Å². The maximum Gasteiger partial charge on any atom is 2.00 e. The van der Waals surface area contributed by atoms with Crippen LogP contribution < -0.4 is 0 Å². The second kappa shape index (κ2) is 9.58. The molecule has 0 saturated heterocycles. The van der Waals surface area contributed by atoms with Gasteiger partial charge in [0.05, 0.1) is 0 Å². The second-order valence-electron chi connectivity index (χ2n) is 4.34. The number of allylic oxidation sites excluding steroid dienone is 1. The number of hydrogen-bond donors (Lipinski definition) is 0. The molecule has 0 aliphatic carbocycles. The van der Waals surface area contributed by atoms with Crippen molar-refractivity contribution < 1.29 is 19.5 Å². The van der Waals surface area contributed by atoms with Crippen LogP contribution in [0.1, 0.15) is 22.3 Å². The molecule has 2 aromatic rings. The third kappa shape index (κ3) is 7.64. The quantitative estimate of drug-likeness (QED) is 0.517. The molecule has 2 aromatic carbocycles. The zero-order valence-corrected chi connectivity index (χ0v) is 15.1. The van der Waals surface area contributed by atoms with Crippen molar-refractivity contribution in [3.8, 4) is 0 Å². The summed E-state index contributed by atoms with van der Waals surface area (Å²) >= 11 is 0. The van der Waals surface area contributed by atoms with Crippen LogP contribution in [0.15, 0.2) is 48.5 Å². The van der Waals surface area contributed by atoms with Gasteiger partial charge in [0.15, 0.2) is 0 Å². The summed E-state index contributed by atoms with van der Waals surface area (Å²) < 4.78 is 0. The van der Waals surface area contributed by atoms with Gasteiger partial charge in [-0.3, -0.25) is 0 Å². The van der Waals surface area contributed by atoms with E-state index in [1.165, 1.54) is 22.3 Å². The van der Waals surface area contributed by atoms with Crippen molar-refractivity contribution >= 4 is 6.08 Å². The molecule has 0 bridgehead atoms. The Labute approximate surface area is 130 Å². The van der Waals surface area contributed by atoms with Crippen molar-refractivity contribution in [2.75, 3.05) is 0 Å². The van der Waals surface area contributed by atoms with Crippen LogP contribution in [0, 0.1) is 33.8 Å². The Morgan fingerprint density at radius 3 is 1.89 bits per heavy atom. The van der Waals surface area contributed by atoms with Crippen LogP contribution in [-0.4, -0.2) is 0 Å². The number of rotatable bonds is 1. The monoisotopic (exact) mass is 300 g/mol. The SMILES string of the molecule is Cc1[c-]c(C)cc(C)c1.[CH2-]/C=C/c1ccccc1.[Zn+2]. The van der Waals surface area contributed by atoms with Crippen LogP contribution in [0.25, 0.3) is 6.08 Å². The fourth-order valence-electron chi connectivity index (χ4n) is 1.81. The van der Waals surface area contributed by atoms with Gasteiger partial charge in [0.25, 0.3) is 0 Å². The number of benzene rings is 2. The molecule has 2 rings (SSSR count). The summed E-state index contributed by atoms with van der Waals surface area (Å²) in [4.78, 5) is 0. The zero-order chi connectivity index (χ0) is 13.4. The molecule has 0 radical (unpaired) electrons. The van der Waals surface area contributed by atoms with Gasteiger partial charge in [-0.2, -0.15) is 34.9 Å². The van der Waals surface area contributed by atoms with Crippen molar-refractivity contribution in [3.05, 3.63) is 83.8 Å². The topological polar surface area (TPSA) is 0 Å². The van der Waals surface area contributed by atoms with Crippen molar-refractivity contribution in [1.29, 1.82) is 0 Å². The van der Waals surface area contributed by atoms with Gasteiger partial charge in [-0.1, -0.05) is 51.1 Å². The van der Waals surface area contributed by atoms with Crippen molar-refractivity contribution in [2.24, 2.45) is 0 Å². The predicted octanol–water partition coefficient (Wildman–Crippen LogP) is 4.94. The summed E-state index contributed by atoms with van der Waals surface area (Å²) in [6.07, 6.45) is 3.76. The van der Waals surface area contributed by atoms with Crippen LogP contribution in [0.5, 0.6) is 0 Å². The molecular formula is C18H20Zn. The van der Waals surface area contributed by atoms with Crippen molar-refractivity contribution in [3.63, 3.8) is 0 Å². The fourth-order valence-corrected chi connectivity index (χ4v) is 1.81. The smallest absolute Gasteiger partial charge is 0.245 e. The molecule has 19 heavy (non-hydrogen) atoms. The molecule has 0 aliphatic rings. The molecule has 94 valence electrons. The predicted molar refractivity (Wildman–Crippen MR) is 80.3 cm³/mol. The second-order valence-corrected chi connectivity index (χ2v) is 4.34. The molecule has 0 heterocycles. The fraction of sp³-hybridized carbons (Fsp3) is 0.167. The van der Waals surface area contributed by atoms with Gasteiger partial charge in [-0.05, 0) is 0 Å². The van der Waals surface area contributed by atoms with E-state index in [0.717, 1.165) is 0 Å². The molecule has 0 spiro atoms. The van der Waals surface area contributed by atoms with Gasteiger partial charge < -0.3 is 0 Å². The van der Waals surface area contributed by atoms with E-state index in [4.69, 9.17) is 0 Å². The molecule has 1 heteroatoms. The molecule has 0 N–H and O–H groups in total. The molecule has 0 aliphatic heterocycles. The van der Waals surface area contributed by atoms with Crippen molar-refractivity contribution in [1.82, 2.24) is 0 Å². The standard InChI is InChI=1S/C9H11.C9H9.Zn/c1-7-4-8(2)6-9(3)5-7;1-2-6-9-7-4-3-5-8-9;/h4-5H,1-3H3;2-8H,1H2;/q2*-1;+2/b;6-2+;. The normalized spacial score (nSPS) is 9.42. The summed E-state index contributed by atoms with van der Waals surface area (Å²) in [5, 5.41) is 0. The molecule has 0 amide bonds. The van der Waals surface area contributed by atoms with E-state index in [1.54, 1.807) is 6.08 Å². The Morgan fingerprint density at radius 2 is 1.47 bits per heavy atom. The summed E-state index contributed by atoms with van der Waals surface area (Å²) in [5.41, 5.74) is 4.98. The van der Waals surface area contributed by atoms with Crippen LogP contribution in [0.3, 0.4) is 0 Å². The van der Waals surface area contributed by atoms with Crippen LogP contribution in [-0.2, 0) is 19.5 Å². The molecule has 0 fully saturated rings. The van der Waals surface area contributed by atoms with Gasteiger partial charge in [0.2, 0.25) is 0 Å². The Morgan fingerprint density at radius 1 is 0.947 bits per heavy atom. The minimum atomic E-state index is 0. The van der Waals surface area contributed by atoms with Crippen LogP contribution >= 0.6 is 0 Å². The van der Waals surface area contributed by atoms with E-state index in [9.17, 15) is 0 Å². The van der Waals surface area contributed by atoms with Gasteiger partial charge in [-0.25, -0.2) is 19.1 Å². The van der Waals surface area contributed by atoms with Crippen molar-refractivity contribution in [2.45, 2.75) is 20.8 Å². The van der Waals surface area contributed by atoms with Gasteiger partial charge in [-0.15, -0.1) is 5.56 Å². The van der Waals surface area contributed by atoms with E-state index < -0.39 is 0 Å². The third-order valence-electron chi connectivity index (χ3n) is 2.39. The Hall–Kier alpha value is -1.33. The Bertz CT molecular complexity index is 448. The minimum absolute atomic E-state index is 0. The molecule has 0 nitrogen and oxygen atoms in total. The first-order valence-corrected chi connectivity index (χ1v) is 6.10. The largest absolute Gasteiger partial charge is 2.00 e. The first kappa shape index (κ1) is 17.7. The maximum atomic E-state index is 3.60. The van der Waals surface area contributed by atoms with Gasteiger partial charge in [0, 0.05) is 0 Å². The molecule has 0 unspecified atom stereocenters. The van der Waals surface area contributed by atoms with Gasteiger partial charge >= 0.3 is 19.5 Å². The van der Waals surface area contributed by atoms with E-state index >= 15 is 0 Å². The zero-order valence-electron chi connectivity index (χ0n) is 12.1. The summed E-state index contributed by atoms with van der Waals surface area (Å²) in [6, 6.07) is 17.6. The summed E-state index contributed by atoms with van der Waals surface area (Å²) in [7, 11) is 0. The summed E-state index contributed by atoms with van der Waals surface area (Å²) in [6.45, 7) is 9.84. The Kier molecular flexibility index (Phi) is 8.91. The minimum Gasteiger partial charge on any atom is -0.245 e. The van der Waals surface area contributed by atoms with Crippen LogP contribution in [0.4, 0.5) is 0 Å². The Balaban J connectivity index is 0.000000324. The summed E-state index contributed by atoms with van der Waals surface area (Å²) in [5.74, 6) is 0. The third-order valence-corrected chi connectivity index (χ3v) is 2.39.